The summed E-state index contributed by atoms with van der Waals surface area (Å²) in [4.78, 5) is 26.2. The third kappa shape index (κ3) is 6.42. The van der Waals surface area contributed by atoms with E-state index in [-0.39, 0.29) is 5.91 Å². The largest absolute Gasteiger partial charge is 0.494 e. The zero-order chi connectivity index (χ0) is 29.4. The van der Waals surface area contributed by atoms with Crippen LogP contribution in [-0.4, -0.2) is 71.3 Å². The van der Waals surface area contributed by atoms with E-state index >= 15 is 0 Å². The minimum absolute atomic E-state index is 0.0134. The van der Waals surface area contributed by atoms with Gasteiger partial charge in [0.1, 0.15) is 5.75 Å². The lowest BCUT2D eigenvalue weighted by Gasteiger charge is -2.38. The number of piperazine rings is 1. The molecule has 1 saturated heterocycles. The summed E-state index contributed by atoms with van der Waals surface area (Å²) in [5.74, 6) is 1.14. The third-order valence-corrected chi connectivity index (χ3v) is 8.13. The van der Waals surface area contributed by atoms with Crippen molar-refractivity contribution < 1.29 is 14.6 Å². The highest BCUT2D eigenvalue weighted by Crippen LogP contribution is 2.40. The number of rotatable bonds is 9. The van der Waals surface area contributed by atoms with Crippen molar-refractivity contribution in [1.29, 1.82) is 0 Å². The van der Waals surface area contributed by atoms with Crippen LogP contribution in [0.1, 0.15) is 44.5 Å². The molecule has 0 saturated carbocycles. The smallest absolute Gasteiger partial charge is 0.234 e. The number of aromatic nitrogens is 2. The number of aliphatic hydroxyl groups is 1. The van der Waals surface area contributed by atoms with Crippen molar-refractivity contribution in [2.45, 2.75) is 51.6 Å². The molecule has 0 atom stereocenters. The van der Waals surface area contributed by atoms with Crippen LogP contribution in [-0.2, 0) is 23.1 Å². The molecule has 0 unspecified atom stereocenters. The molecule has 3 heterocycles. The van der Waals surface area contributed by atoms with Gasteiger partial charge in [0, 0.05) is 50.2 Å². The van der Waals surface area contributed by atoms with Gasteiger partial charge in [0.05, 0.1) is 40.7 Å². The zero-order valence-electron chi connectivity index (χ0n) is 24.4. The third-order valence-electron chi connectivity index (χ3n) is 7.82. The van der Waals surface area contributed by atoms with Crippen LogP contribution in [0.15, 0.2) is 42.6 Å². The molecular formula is C31H39ClN6O3. The number of carbonyl (C=O) groups excluding carboxylic acids is 1. The molecule has 0 bridgehead atoms. The summed E-state index contributed by atoms with van der Waals surface area (Å²) < 4.78 is 5.72. The number of methoxy groups -OCH3 is 1. The van der Waals surface area contributed by atoms with E-state index in [0.717, 1.165) is 60.1 Å². The summed E-state index contributed by atoms with van der Waals surface area (Å²) in [5, 5.41) is 16.9. The Morgan fingerprint density at radius 2 is 1.90 bits per heavy atom. The monoisotopic (exact) mass is 578 g/mol. The molecule has 41 heavy (non-hydrogen) atoms. The highest BCUT2D eigenvalue weighted by atomic mass is 35.5. The van der Waals surface area contributed by atoms with E-state index in [9.17, 15) is 9.90 Å². The van der Waals surface area contributed by atoms with Crippen molar-refractivity contribution in [3.8, 4) is 5.75 Å². The Morgan fingerprint density at radius 1 is 1.15 bits per heavy atom. The molecule has 9 nitrogen and oxygen atoms in total. The summed E-state index contributed by atoms with van der Waals surface area (Å²) in [5.41, 5.74) is 4.32. The number of ether oxygens (including phenoxy) is 1. The lowest BCUT2D eigenvalue weighted by Crippen LogP contribution is -2.50. The Balaban J connectivity index is 1.27. The van der Waals surface area contributed by atoms with Gasteiger partial charge in [-0.15, -0.1) is 0 Å². The molecule has 2 aromatic carbocycles. The van der Waals surface area contributed by atoms with Crippen LogP contribution < -0.4 is 20.3 Å². The maximum atomic E-state index is 12.5. The standard InChI is InChI=1S/C31H39ClN6O3/c1-30(2,40)19-37-13-15-38(16-14-37)21-10-12-24(26(17-21)41-5)36-29-33-18-22(32)23(35-29)11-9-20-7-6-8-25-27(20)31(3,4)28(39)34-25/h6-8,10,12,17-18,40H,9,11,13-16,19H2,1-5H3,(H,34,39)(H,33,35,36). The number of benzene rings is 2. The Hall–Kier alpha value is -3.40. The molecule has 0 aliphatic carbocycles. The first-order valence-corrected chi connectivity index (χ1v) is 14.4. The Bertz CT molecular complexity index is 1430. The fourth-order valence-electron chi connectivity index (χ4n) is 5.75. The first kappa shape index (κ1) is 29.1. The van der Waals surface area contributed by atoms with E-state index in [1.165, 1.54) is 0 Å². The molecule has 2 aliphatic heterocycles. The molecule has 5 rings (SSSR count). The number of carbonyl (C=O) groups is 1. The van der Waals surface area contributed by atoms with E-state index in [1.54, 1.807) is 13.3 Å². The summed E-state index contributed by atoms with van der Waals surface area (Å²) in [6.45, 7) is 11.8. The van der Waals surface area contributed by atoms with Gasteiger partial charge in [-0.1, -0.05) is 23.7 Å². The zero-order valence-corrected chi connectivity index (χ0v) is 25.2. The van der Waals surface area contributed by atoms with Gasteiger partial charge >= 0.3 is 0 Å². The fourth-order valence-corrected chi connectivity index (χ4v) is 5.93. The minimum Gasteiger partial charge on any atom is -0.494 e. The number of amides is 1. The Labute approximate surface area is 246 Å². The maximum Gasteiger partial charge on any atom is 0.234 e. The quantitative estimate of drug-likeness (QED) is 0.333. The minimum atomic E-state index is -0.696. The van der Waals surface area contributed by atoms with Crippen LogP contribution in [0.25, 0.3) is 0 Å². The second kappa shape index (κ2) is 11.5. The second-order valence-electron chi connectivity index (χ2n) is 12.0. The number of hydrogen-bond acceptors (Lipinski definition) is 8. The van der Waals surface area contributed by atoms with Crippen LogP contribution >= 0.6 is 11.6 Å². The highest BCUT2D eigenvalue weighted by Gasteiger charge is 2.39. The van der Waals surface area contributed by atoms with E-state index in [0.29, 0.717) is 36.1 Å². The first-order valence-electron chi connectivity index (χ1n) is 14.0. The number of nitrogens with zero attached hydrogens (tertiary/aromatic N) is 4. The number of anilines is 4. The number of halogens is 1. The summed E-state index contributed by atoms with van der Waals surface area (Å²) in [7, 11) is 1.65. The predicted molar refractivity (Wildman–Crippen MR) is 164 cm³/mol. The van der Waals surface area contributed by atoms with Crippen molar-refractivity contribution >= 4 is 40.5 Å². The van der Waals surface area contributed by atoms with Crippen LogP contribution in [0.2, 0.25) is 5.02 Å². The molecule has 3 aromatic rings. The van der Waals surface area contributed by atoms with Gasteiger partial charge < -0.3 is 25.4 Å². The summed E-state index contributed by atoms with van der Waals surface area (Å²) >= 11 is 6.51. The average molecular weight is 579 g/mol. The molecule has 3 N–H and O–H groups in total. The number of nitrogens with one attached hydrogen (secondary N) is 2. The number of β-amino-alcohol motifs (C(OH)–C–C–N with tert-alkyl or cyclic N) is 1. The molecule has 1 aromatic heterocycles. The molecule has 218 valence electrons. The molecule has 2 aliphatic rings. The molecule has 0 radical (unpaired) electrons. The summed E-state index contributed by atoms with van der Waals surface area (Å²) in [6.07, 6.45) is 2.91. The van der Waals surface area contributed by atoms with Gasteiger partial charge in [0.15, 0.2) is 0 Å². The van der Waals surface area contributed by atoms with Gasteiger partial charge in [-0.05, 0) is 69.9 Å². The SMILES string of the molecule is COc1cc(N2CCN(CC(C)(C)O)CC2)ccc1Nc1ncc(Cl)c(CCc2cccc3c2C(C)(C)C(=O)N3)n1. The van der Waals surface area contributed by atoms with Gasteiger partial charge in [-0.2, -0.15) is 0 Å². The number of fused-ring (bicyclic) bond motifs is 1. The number of aryl methyl sites for hydroxylation is 2. The van der Waals surface area contributed by atoms with Crippen molar-refractivity contribution in [3.63, 3.8) is 0 Å². The molecule has 0 spiro atoms. The van der Waals surface area contributed by atoms with Crippen LogP contribution in [0, 0.1) is 0 Å². The van der Waals surface area contributed by atoms with Crippen LogP contribution in [0.4, 0.5) is 23.0 Å². The maximum absolute atomic E-state index is 12.5. The second-order valence-corrected chi connectivity index (χ2v) is 12.4. The van der Waals surface area contributed by atoms with E-state index < -0.39 is 11.0 Å². The number of hydrogen-bond donors (Lipinski definition) is 3. The van der Waals surface area contributed by atoms with Crippen LogP contribution in [0.3, 0.4) is 0 Å². The van der Waals surface area contributed by atoms with Gasteiger partial charge in [0.25, 0.3) is 0 Å². The normalized spacial score (nSPS) is 16.9. The molecule has 1 fully saturated rings. The van der Waals surface area contributed by atoms with Crippen molar-refractivity contribution in [1.82, 2.24) is 14.9 Å². The Morgan fingerprint density at radius 3 is 2.61 bits per heavy atom. The van der Waals surface area contributed by atoms with E-state index in [1.807, 2.05) is 52.0 Å². The van der Waals surface area contributed by atoms with Crippen LogP contribution in [0.5, 0.6) is 5.75 Å². The van der Waals surface area contributed by atoms with Gasteiger partial charge in [-0.25, -0.2) is 9.97 Å². The molecule has 1 amide bonds. The van der Waals surface area contributed by atoms with E-state index in [4.69, 9.17) is 21.3 Å². The Kier molecular flexibility index (Phi) is 8.14. The lowest BCUT2D eigenvalue weighted by molar-refractivity contribution is -0.119. The van der Waals surface area contributed by atoms with E-state index in [2.05, 4.69) is 37.6 Å². The van der Waals surface area contributed by atoms with Gasteiger partial charge in [-0.3, -0.25) is 9.69 Å². The summed E-state index contributed by atoms with van der Waals surface area (Å²) in [6, 6.07) is 12.1. The van der Waals surface area contributed by atoms with Crippen molar-refractivity contribution in [2.75, 3.05) is 55.4 Å². The van der Waals surface area contributed by atoms with Crippen molar-refractivity contribution in [3.05, 3.63) is 64.4 Å². The lowest BCUT2D eigenvalue weighted by atomic mass is 9.82. The topological polar surface area (TPSA) is 103 Å². The van der Waals surface area contributed by atoms with Crippen molar-refractivity contribution in [2.24, 2.45) is 0 Å². The highest BCUT2D eigenvalue weighted by molar-refractivity contribution is 6.31. The molecular weight excluding hydrogens is 540 g/mol. The molecule has 10 heteroatoms. The predicted octanol–water partition coefficient (Wildman–Crippen LogP) is 4.79. The first-order chi connectivity index (χ1) is 19.4. The average Bonchev–Trinajstić information content (AvgIpc) is 3.16. The fraction of sp³-hybridized carbons (Fsp3) is 0.452. The van der Waals surface area contributed by atoms with Gasteiger partial charge in [0.2, 0.25) is 11.9 Å².